The topological polar surface area (TPSA) is 42.0 Å². The number of nitrogens with one attached hydrogen (secondary N) is 1. The zero-order chi connectivity index (χ0) is 16.2. The minimum absolute atomic E-state index is 0.0110. The average Bonchev–Trinajstić information content (AvgIpc) is 2.93. The van der Waals surface area contributed by atoms with E-state index >= 15 is 0 Å². The van der Waals surface area contributed by atoms with Crippen LogP contribution in [0.2, 0.25) is 5.02 Å². The molecule has 0 bridgehead atoms. The number of amides is 1. The molecule has 3 rings (SSSR count). The molecule has 1 N–H and O–H groups in total. The van der Waals surface area contributed by atoms with Gasteiger partial charge in [0, 0.05) is 22.1 Å². The molecule has 3 nitrogen and oxygen atoms in total. The van der Waals surface area contributed by atoms with E-state index in [2.05, 4.69) is 10.3 Å². The second-order valence-electron chi connectivity index (χ2n) is 5.04. The summed E-state index contributed by atoms with van der Waals surface area (Å²) in [6, 6.07) is 13.7. The molecule has 0 unspecified atom stereocenters. The quantitative estimate of drug-likeness (QED) is 0.619. The molecule has 0 aliphatic rings. The third kappa shape index (κ3) is 4.25. The van der Waals surface area contributed by atoms with Crippen molar-refractivity contribution in [3.05, 3.63) is 53.1 Å². The van der Waals surface area contributed by atoms with Crippen molar-refractivity contribution in [2.24, 2.45) is 0 Å². The summed E-state index contributed by atoms with van der Waals surface area (Å²) in [7, 11) is 0. The number of benzene rings is 2. The first-order chi connectivity index (χ1) is 11.1. The number of hydrogen-bond donors (Lipinski definition) is 1. The summed E-state index contributed by atoms with van der Waals surface area (Å²) >= 11 is 9.00. The van der Waals surface area contributed by atoms with Gasteiger partial charge in [0.2, 0.25) is 5.91 Å². The van der Waals surface area contributed by atoms with Crippen LogP contribution in [-0.4, -0.2) is 16.6 Å². The van der Waals surface area contributed by atoms with Crippen LogP contribution < -0.4 is 5.32 Å². The number of carbonyl (C=O) groups excluding carboxylic acids is 1. The second-order valence-corrected chi connectivity index (χ2v) is 7.68. The van der Waals surface area contributed by atoms with E-state index in [0.29, 0.717) is 11.6 Å². The number of carbonyl (C=O) groups is 1. The number of thioether (sulfide) groups is 1. The Morgan fingerprint density at radius 2 is 2.04 bits per heavy atom. The van der Waals surface area contributed by atoms with E-state index in [9.17, 15) is 4.79 Å². The summed E-state index contributed by atoms with van der Waals surface area (Å²) in [5, 5.41) is 4.27. The summed E-state index contributed by atoms with van der Waals surface area (Å²) in [4.78, 5) is 17.6. The van der Waals surface area contributed by atoms with Gasteiger partial charge >= 0.3 is 0 Å². The van der Waals surface area contributed by atoms with E-state index in [1.54, 1.807) is 11.8 Å². The fraction of sp³-hybridized carbons (Fsp3) is 0.176. The van der Waals surface area contributed by atoms with Crippen molar-refractivity contribution in [1.29, 1.82) is 0 Å². The van der Waals surface area contributed by atoms with Crippen LogP contribution in [0, 0.1) is 6.92 Å². The first-order valence-corrected chi connectivity index (χ1v) is 9.34. The molecule has 0 fully saturated rings. The number of fused-ring (bicyclic) bond motifs is 1. The van der Waals surface area contributed by atoms with Crippen LogP contribution in [0.5, 0.6) is 0 Å². The lowest BCUT2D eigenvalue weighted by atomic mass is 10.2. The van der Waals surface area contributed by atoms with Gasteiger partial charge < -0.3 is 5.32 Å². The molecule has 0 saturated heterocycles. The average molecular weight is 363 g/mol. The van der Waals surface area contributed by atoms with E-state index in [1.165, 1.54) is 11.3 Å². The van der Waals surface area contributed by atoms with Crippen molar-refractivity contribution in [2.75, 3.05) is 11.1 Å². The number of para-hydroxylation sites is 1. The first-order valence-electron chi connectivity index (χ1n) is 7.16. The Labute approximate surface area is 148 Å². The van der Waals surface area contributed by atoms with Crippen LogP contribution in [-0.2, 0) is 4.79 Å². The molecule has 0 aliphatic carbocycles. The largest absolute Gasteiger partial charge is 0.302 e. The molecule has 3 aromatic rings. The van der Waals surface area contributed by atoms with Gasteiger partial charge in [0.05, 0.1) is 10.2 Å². The van der Waals surface area contributed by atoms with Crippen molar-refractivity contribution in [3.63, 3.8) is 0 Å². The Hall–Kier alpha value is -1.56. The monoisotopic (exact) mass is 362 g/mol. The summed E-state index contributed by atoms with van der Waals surface area (Å²) in [6.45, 7) is 2.02. The lowest BCUT2D eigenvalue weighted by molar-refractivity contribution is -0.115. The zero-order valence-corrected chi connectivity index (χ0v) is 14.9. The second kappa shape index (κ2) is 7.34. The predicted molar refractivity (Wildman–Crippen MR) is 99.8 cm³/mol. The van der Waals surface area contributed by atoms with Crippen molar-refractivity contribution in [1.82, 2.24) is 4.98 Å². The number of thiazole rings is 1. The van der Waals surface area contributed by atoms with E-state index in [-0.39, 0.29) is 5.91 Å². The molecule has 0 spiro atoms. The van der Waals surface area contributed by atoms with E-state index in [1.807, 2.05) is 49.4 Å². The summed E-state index contributed by atoms with van der Waals surface area (Å²) in [6.07, 6.45) is 0.447. The maximum atomic E-state index is 12.0. The Morgan fingerprint density at radius 3 is 2.78 bits per heavy atom. The minimum Gasteiger partial charge on any atom is -0.302 e. The molecule has 1 amide bonds. The highest BCUT2D eigenvalue weighted by atomic mass is 35.5. The SMILES string of the molecule is Cc1cccc2sc(NC(=O)CCSc3ccc(Cl)cc3)nc12. The molecule has 0 atom stereocenters. The van der Waals surface area contributed by atoms with Gasteiger partial charge in [-0.25, -0.2) is 4.98 Å². The molecule has 1 heterocycles. The number of rotatable bonds is 5. The zero-order valence-electron chi connectivity index (χ0n) is 12.5. The summed E-state index contributed by atoms with van der Waals surface area (Å²) < 4.78 is 1.09. The van der Waals surface area contributed by atoms with Gasteiger partial charge in [0.15, 0.2) is 5.13 Å². The van der Waals surface area contributed by atoms with Crippen molar-refractivity contribution >= 4 is 56.0 Å². The molecule has 0 radical (unpaired) electrons. The fourth-order valence-corrected chi connectivity index (χ4v) is 4.05. The maximum Gasteiger partial charge on any atom is 0.226 e. The van der Waals surface area contributed by atoms with Crippen LogP contribution in [0.1, 0.15) is 12.0 Å². The van der Waals surface area contributed by atoms with Crippen LogP contribution >= 0.6 is 34.7 Å². The first kappa shape index (κ1) is 16.3. The molecule has 2 aromatic carbocycles. The van der Waals surface area contributed by atoms with Gasteiger partial charge in [0.1, 0.15) is 0 Å². The summed E-state index contributed by atoms with van der Waals surface area (Å²) in [5.74, 6) is 0.709. The third-order valence-corrected chi connectivity index (χ3v) is 5.48. The molecular weight excluding hydrogens is 348 g/mol. The molecule has 23 heavy (non-hydrogen) atoms. The molecule has 1 aromatic heterocycles. The fourth-order valence-electron chi connectivity index (χ4n) is 2.11. The van der Waals surface area contributed by atoms with E-state index in [0.717, 1.165) is 31.5 Å². The van der Waals surface area contributed by atoms with Crippen molar-refractivity contribution in [2.45, 2.75) is 18.2 Å². The van der Waals surface area contributed by atoms with Gasteiger partial charge in [-0.3, -0.25) is 4.79 Å². The number of aromatic nitrogens is 1. The lowest BCUT2D eigenvalue weighted by Gasteiger charge is -2.02. The molecule has 6 heteroatoms. The lowest BCUT2D eigenvalue weighted by Crippen LogP contribution is -2.11. The van der Waals surface area contributed by atoms with Gasteiger partial charge in [-0.05, 0) is 42.8 Å². The number of anilines is 1. The standard InChI is InChI=1S/C17H15ClN2OS2/c1-11-3-2-4-14-16(11)20-17(23-14)19-15(21)9-10-22-13-7-5-12(18)6-8-13/h2-8H,9-10H2,1H3,(H,19,20,21). The Kier molecular flexibility index (Phi) is 5.20. The molecule has 118 valence electrons. The van der Waals surface area contributed by atoms with Gasteiger partial charge in [-0.2, -0.15) is 0 Å². The third-order valence-electron chi connectivity index (χ3n) is 3.28. The number of hydrogen-bond acceptors (Lipinski definition) is 4. The van der Waals surface area contributed by atoms with Gasteiger partial charge in [0.25, 0.3) is 0 Å². The van der Waals surface area contributed by atoms with Crippen LogP contribution in [0.4, 0.5) is 5.13 Å². The normalized spacial score (nSPS) is 10.9. The van der Waals surface area contributed by atoms with Crippen molar-refractivity contribution < 1.29 is 4.79 Å². The van der Waals surface area contributed by atoms with E-state index in [4.69, 9.17) is 11.6 Å². The highest BCUT2D eigenvalue weighted by Crippen LogP contribution is 2.28. The Bertz CT molecular complexity index is 830. The van der Waals surface area contributed by atoms with E-state index < -0.39 is 0 Å². The Balaban J connectivity index is 1.54. The minimum atomic E-state index is -0.0110. The Morgan fingerprint density at radius 1 is 1.26 bits per heavy atom. The molecule has 0 aliphatic heterocycles. The number of nitrogens with zero attached hydrogens (tertiary/aromatic N) is 1. The molecule has 0 saturated carbocycles. The predicted octanol–water partition coefficient (Wildman–Crippen LogP) is 5.38. The van der Waals surface area contributed by atoms with Crippen LogP contribution in [0.3, 0.4) is 0 Å². The van der Waals surface area contributed by atoms with Crippen LogP contribution in [0.15, 0.2) is 47.4 Å². The maximum absolute atomic E-state index is 12.0. The number of halogens is 1. The smallest absolute Gasteiger partial charge is 0.226 e. The van der Waals surface area contributed by atoms with Crippen LogP contribution in [0.25, 0.3) is 10.2 Å². The molecular formula is C17H15ClN2OS2. The number of aryl methyl sites for hydroxylation is 1. The summed E-state index contributed by atoms with van der Waals surface area (Å²) in [5.41, 5.74) is 2.08. The van der Waals surface area contributed by atoms with Gasteiger partial charge in [-0.1, -0.05) is 35.1 Å². The highest BCUT2D eigenvalue weighted by molar-refractivity contribution is 7.99. The van der Waals surface area contributed by atoms with Crippen molar-refractivity contribution in [3.8, 4) is 0 Å². The highest BCUT2D eigenvalue weighted by Gasteiger charge is 2.09. The van der Waals surface area contributed by atoms with Gasteiger partial charge in [-0.15, -0.1) is 11.8 Å².